The second kappa shape index (κ2) is 7.39. The van der Waals surface area contributed by atoms with E-state index in [1.807, 2.05) is 24.3 Å². The molecule has 0 N–H and O–H groups in total. The smallest absolute Gasteiger partial charge is 0.353 e. The molecule has 0 saturated carbocycles. The van der Waals surface area contributed by atoms with Crippen molar-refractivity contribution >= 4 is 22.6 Å². The van der Waals surface area contributed by atoms with Gasteiger partial charge in [-0.15, -0.1) is 0 Å². The molecule has 0 radical (unpaired) electrons. The lowest BCUT2D eigenvalue weighted by Gasteiger charge is -2.35. The molecule has 2 aromatic carbocycles. The SMILES string of the molecule is Cc1cc(N2CCN(C(=O)c3ccc(C(F)(F)F)cc3)CC2)nc2ccccc12. The van der Waals surface area contributed by atoms with Crippen LogP contribution < -0.4 is 4.90 Å². The fourth-order valence-electron chi connectivity index (χ4n) is 3.62. The van der Waals surface area contributed by atoms with Gasteiger partial charge in [-0.3, -0.25) is 4.79 Å². The number of halogens is 3. The average molecular weight is 399 g/mol. The van der Waals surface area contributed by atoms with E-state index in [0.717, 1.165) is 34.4 Å². The molecule has 0 atom stereocenters. The quantitative estimate of drug-likeness (QED) is 0.636. The van der Waals surface area contributed by atoms with Crippen LogP contribution in [-0.4, -0.2) is 42.0 Å². The summed E-state index contributed by atoms with van der Waals surface area (Å²) in [5, 5.41) is 1.12. The number of para-hydroxylation sites is 1. The van der Waals surface area contributed by atoms with E-state index >= 15 is 0 Å². The van der Waals surface area contributed by atoms with E-state index in [9.17, 15) is 18.0 Å². The summed E-state index contributed by atoms with van der Waals surface area (Å²) in [5.41, 5.74) is 1.60. The molecule has 0 aliphatic carbocycles. The highest BCUT2D eigenvalue weighted by Crippen LogP contribution is 2.29. The van der Waals surface area contributed by atoms with Crippen molar-refractivity contribution in [3.8, 4) is 0 Å². The number of pyridine rings is 1. The molecule has 1 amide bonds. The van der Waals surface area contributed by atoms with Crippen LogP contribution >= 0.6 is 0 Å². The van der Waals surface area contributed by atoms with Gasteiger partial charge in [0.05, 0.1) is 11.1 Å². The fraction of sp³-hybridized carbons (Fsp3) is 0.273. The molecule has 1 aromatic heterocycles. The number of aromatic nitrogens is 1. The number of nitrogens with zero attached hydrogens (tertiary/aromatic N) is 3. The maximum atomic E-state index is 12.7. The topological polar surface area (TPSA) is 36.4 Å². The number of benzene rings is 2. The normalized spacial score (nSPS) is 15.0. The van der Waals surface area contributed by atoms with Crippen LogP contribution in [0.3, 0.4) is 0 Å². The van der Waals surface area contributed by atoms with Crippen molar-refractivity contribution in [2.24, 2.45) is 0 Å². The lowest BCUT2D eigenvalue weighted by atomic mass is 10.1. The minimum Gasteiger partial charge on any atom is -0.353 e. The monoisotopic (exact) mass is 399 g/mol. The van der Waals surface area contributed by atoms with Crippen molar-refractivity contribution in [3.63, 3.8) is 0 Å². The number of anilines is 1. The van der Waals surface area contributed by atoms with Gasteiger partial charge in [0.1, 0.15) is 5.82 Å². The standard InChI is InChI=1S/C22H20F3N3O/c1-15-14-20(26-19-5-3-2-4-18(15)19)27-10-12-28(13-11-27)21(29)16-6-8-17(9-7-16)22(23,24)25/h2-9,14H,10-13H2,1H3. The number of alkyl halides is 3. The maximum absolute atomic E-state index is 12.7. The number of piperazine rings is 1. The third kappa shape index (κ3) is 3.90. The van der Waals surface area contributed by atoms with Crippen LogP contribution in [0, 0.1) is 6.92 Å². The van der Waals surface area contributed by atoms with E-state index in [4.69, 9.17) is 4.98 Å². The number of hydrogen-bond acceptors (Lipinski definition) is 3. The Hall–Kier alpha value is -3.09. The minimum absolute atomic E-state index is 0.249. The molecule has 4 nitrogen and oxygen atoms in total. The Labute approximate surface area is 166 Å². The Morgan fingerprint density at radius 1 is 0.966 bits per heavy atom. The highest BCUT2D eigenvalue weighted by atomic mass is 19.4. The van der Waals surface area contributed by atoms with Crippen molar-refractivity contribution in [1.29, 1.82) is 0 Å². The first-order valence-corrected chi connectivity index (χ1v) is 9.41. The molecule has 29 heavy (non-hydrogen) atoms. The van der Waals surface area contributed by atoms with Gasteiger partial charge in [-0.25, -0.2) is 4.98 Å². The highest BCUT2D eigenvalue weighted by molar-refractivity contribution is 5.94. The van der Waals surface area contributed by atoms with E-state index in [0.29, 0.717) is 26.2 Å². The first-order valence-electron chi connectivity index (χ1n) is 9.41. The summed E-state index contributed by atoms with van der Waals surface area (Å²) in [6, 6.07) is 14.4. The van der Waals surface area contributed by atoms with Crippen molar-refractivity contribution < 1.29 is 18.0 Å². The summed E-state index contributed by atoms with van der Waals surface area (Å²) >= 11 is 0. The van der Waals surface area contributed by atoms with Gasteiger partial charge in [-0.2, -0.15) is 13.2 Å². The molecule has 7 heteroatoms. The van der Waals surface area contributed by atoms with Crippen LogP contribution in [0.5, 0.6) is 0 Å². The van der Waals surface area contributed by atoms with Crippen LogP contribution in [0.2, 0.25) is 0 Å². The van der Waals surface area contributed by atoms with E-state index < -0.39 is 11.7 Å². The molecule has 0 bridgehead atoms. The van der Waals surface area contributed by atoms with Gasteiger partial charge in [0.15, 0.2) is 0 Å². The summed E-state index contributed by atoms with van der Waals surface area (Å²) in [4.78, 5) is 21.2. The van der Waals surface area contributed by atoms with Crippen LogP contribution in [0.15, 0.2) is 54.6 Å². The second-order valence-electron chi connectivity index (χ2n) is 7.17. The highest BCUT2D eigenvalue weighted by Gasteiger charge is 2.30. The molecule has 1 saturated heterocycles. The number of carbonyl (C=O) groups excluding carboxylic acids is 1. The van der Waals surface area contributed by atoms with Crippen molar-refractivity contribution in [3.05, 3.63) is 71.3 Å². The van der Waals surface area contributed by atoms with Gasteiger partial charge in [-0.1, -0.05) is 18.2 Å². The Morgan fingerprint density at radius 2 is 1.62 bits per heavy atom. The first-order chi connectivity index (χ1) is 13.8. The number of carbonyl (C=O) groups is 1. The molecule has 1 fully saturated rings. The number of fused-ring (bicyclic) bond motifs is 1. The van der Waals surface area contributed by atoms with Crippen molar-refractivity contribution in [2.75, 3.05) is 31.1 Å². The fourth-order valence-corrected chi connectivity index (χ4v) is 3.62. The van der Waals surface area contributed by atoms with Gasteiger partial charge in [-0.05, 0) is 48.9 Å². The predicted octanol–water partition coefficient (Wildman–Crippen LogP) is 4.52. The van der Waals surface area contributed by atoms with Crippen LogP contribution in [0.1, 0.15) is 21.5 Å². The largest absolute Gasteiger partial charge is 0.416 e. The molecule has 2 heterocycles. The minimum atomic E-state index is -4.40. The lowest BCUT2D eigenvalue weighted by Crippen LogP contribution is -2.49. The number of hydrogen-bond donors (Lipinski definition) is 0. The second-order valence-corrected chi connectivity index (χ2v) is 7.17. The summed E-state index contributed by atoms with van der Waals surface area (Å²) in [6.45, 7) is 4.28. The summed E-state index contributed by atoms with van der Waals surface area (Å²) in [6.07, 6.45) is -4.40. The summed E-state index contributed by atoms with van der Waals surface area (Å²) in [5.74, 6) is 0.629. The zero-order valence-electron chi connectivity index (χ0n) is 15.9. The Balaban J connectivity index is 1.45. The molecule has 3 aromatic rings. The third-order valence-electron chi connectivity index (χ3n) is 5.26. The molecule has 1 aliphatic rings. The zero-order valence-corrected chi connectivity index (χ0v) is 15.9. The molecule has 4 rings (SSSR count). The van der Waals surface area contributed by atoms with Gasteiger partial charge in [0.2, 0.25) is 0 Å². The maximum Gasteiger partial charge on any atom is 0.416 e. The van der Waals surface area contributed by atoms with E-state index in [2.05, 4.69) is 17.9 Å². The van der Waals surface area contributed by atoms with Crippen molar-refractivity contribution in [1.82, 2.24) is 9.88 Å². The number of amides is 1. The molecular formula is C22H20F3N3O. The number of rotatable bonds is 2. The third-order valence-corrected chi connectivity index (χ3v) is 5.26. The van der Waals surface area contributed by atoms with Crippen LogP contribution in [0.25, 0.3) is 10.9 Å². The molecule has 0 spiro atoms. The van der Waals surface area contributed by atoms with Gasteiger partial charge in [0, 0.05) is 37.1 Å². The lowest BCUT2D eigenvalue weighted by molar-refractivity contribution is -0.137. The first kappa shape index (κ1) is 19.2. The number of aryl methyl sites for hydroxylation is 1. The zero-order chi connectivity index (χ0) is 20.6. The molecular weight excluding hydrogens is 379 g/mol. The van der Waals surface area contributed by atoms with E-state index in [1.54, 1.807) is 4.90 Å². The van der Waals surface area contributed by atoms with Gasteiger partial charge >= 0.3 is 6.18 Å². The summed E-state index contributed by atoms with van der Waals surface area (Å²) in [7, 11) is 0. The summed E-state index contributed by atoms with van der Waals surface area (Å²) < 4.78 is 38.1. The molecule has 0 unspecified atom stereocenters. The molecule has 1 aliphatic heterocycles. The Bertz CT molecular complexity index is 1040. The van der Waals surface area contributed by atoms with E-state index in [1.165, 1.54) is 12.1 Å². The average Bonchev–Trinajstić information content (AvgIpc) is 2.73. The molecule has 150 valence electrons. The van der Waals surface area contributed by atoms with Crippen LogP contribution in [0.4, 0.5) is 19.0 Å². The van der Waals surface area contributed by atoms with Crippen molar-refractivity contribution in [2.45, 2.75) is 13.1 Å². The Morgan fingerprint density at radius 3 is 2.28 bits per heavy atom. The van der Waals surface area contributed by atoms with Gasteiger partial charge < -0.3 is 9.80 Å². The van der Waals surface area contributed by atoms with Gasteiger partial charge in [0.25, 0.3) is 5.91 Å². The van der Waals surface area contributed by atoms with Crippen LogP contribution in [-0.2, 0) is 6.18 Å². The predicted molar refractivity (Wildman–Crippen MR) is 106 cm³/mol. The Kier molecular flexibility index (Phi) is 4.90. The van der Waals surface area contributed by atoms with E-state index in [-0.39, 0.29) is 11.5 Å².